The molecule has 4 aromatic heterocycles. The molecular formula is C51H34N2O2. The highest BCUT2D eigenvalue weighted by molar-refractivity contribution is 6.12. The van der Waals surface area contributed by atoms with E-state index in [-0.39, 0.29) is 5.41 Å². The Labute approximate surface area is 316 Å². The minimum Gasteiger partial charge on any atom is -0.456 e. The van der Waals surface area contributed by atoms with Crippen LogP contribution in [0, 0.1) is 0 Å². The molecule has 0 saturated carbocycles. The number of para-hydroxylation sites is 4. The molecule has 0 bridgehead atoms. The van der Waals surface area contributed by atoms with E-state index in [1.165, 1.54) is 54.7 Å². The number of nitrogens with zero attached hydrogens (tertiary/aromatic N) is 2. The van der Waals surface area contributed by atoms with Crippen molar-refractivity contribution in [3.8, 4) is 11.4 Å². The van der Waals surface area contributed by atoms with Crippen molar-refractivity contribution < 1.29 is 8.83 Å². The predicted molar refractivity (Wildman–Crippen MR) is 228 cm³/mol. The van der Waals surface area contributed by atoms with Crippen molar-refractivity contribution in [2.24, 2.45) is 0 Å². The maximum absolute atomic E-state index is 6.44. The quantitative estimate of drug-likeness (QED) is 0.183. The number of furan rings is 2. The van der Waals surface area contributed by atoms with E-state index in [4.69, 9.17) is 8.83 Å². The summed E-state index contributed by atoms with van der Waals surface area (Å²) in [6, 6.07) is 61.1. The SMILES string of the molecule is CC(C)(c1ccc2oc3ccc(-n4c5ccccc5c5ccccc54)cc3c2c1)c1ccc2oc3ccc(-n4c5ccccc5c5ccccc54)cc3c2c1. The van der Waals surface area contributed by atoms with Gasteiger partial charge in [-0.2, -0.15) is 0 Å². The first-order valence-corrected chi connectivity index (χ1v) is 18.9. The van der Waals surface area contributed by atoms with Gasteiger partial charge in [0.15, 0.2) is 0 Å². The van der Waals surface area contributed by atoms with E-state index < -0.39 is 0 Å². The van der Waals surface area contributed by atoms with E-state index >= 15 is 0 Å². The van der Waals surface area contributed by atoms with Crippen molar-refractivity contribution in [2.75, 3.05) is 0 Å². The molecule has 12 rings (SSSR count). The van der Waals surface area contributed by atoms with Gasteiger partial charge >= 0.3 is 0 Å². The van der Waals surface area contributed by atoms with Crippen LogP contribution in [0.2, 0.25) is 0 Å². The summed E-state index contributed by atoms with van der Waals surface area (Å²) in [5, 5.41) is 9.48. The fourth-order valence-corrected chi connectivity index (χ4v) is 9.15. The van der Waals surface area contributed by atoms with Gasteiger partial charge in [0.1, 0.15) is 22.3 Å². The minimum absolute atomic E-state index is 0.301. The molecule has 12 aromatic rings. The Hall–Kier alpha value is -7.04. The Morgan fingerprint density at radius 1 is 0.327 bits per heavy atom. The van der Waals surface area contributed by atoms with E-state index in [1.54, 1.807) is 0 Å². The molecule has 260 valence electrons. The van der Waals surface area contributed by atoms with Crippen molar-refractivity contribution >= 4 is 87.5 Å². The monoisotopic (exact) mass is 706 g/mol. The van der Waals surface area contributed by atoms with Gasteiger partial charge in [-0.3, -0.25) is 0 Å². The number of rotatable bonds is 4. The topological polar surface area (TPSA) is 36.1 Å². The third kappa shape index (κ3) is 4.28. The Balaban J connectivity index is 0.989. The number of hydrogen-bond acceptors (Lipinski definition) is 2. The zero-order valence-electron chi connectivity index (χ0n) is 30.4. The highest BCUT2D eigenvalue weighted by atomic mass is 16.3. The first-order valence-electron chi connectivity index (χ1n) is 18.9. The van der Waals surface area contributed by atoms with Gasteiger partial charge in [0.25, 0.3) is 0 Å². The molecule has 0 atom stereocenters. The predicted octanol–water partition coefficient (Wildman–Crippen LogP) is 14.0. The highest BCUT2D eigenvalue weighted by Crippen LogP contribution is 2.41. The Morgan fingerprint density at radius 2 is 0.636 bits per heavy atom. The summed E-state index contributed by atoms with van der Waals surface area (Å²) < 4.78 is 17.6. The molecule has 4 heteroatoms. The molecule has 0 aliphatic heterocycles. The van der Waals surface area contributed by atoms with Crippen LogP contribution in [0.4, 0.5) is 0 Å². The van der Waals surface area contributed by atoms with Gasteiger partial charge in [-0.1, -0.05) is 98.8 Å². The van der Waals surface area contributed by atoms with Crippen LogP contribution >= 0.6 is 0 Å². The smallest absolute Gasteiger partial charge is 0.135 e. The van der Waals surface area contributed by atoms with E-state index in [0.717, 1.165) is 55.3 Å². The van der Waals surface area contributed by atoms with Crippen molar-refractivity contribution in [3.05, 3.63) is 181 Å². The molecule has 4 nitrogen and oxygen atoms in total. The van der Waals surface area contributed by atoms with Gasteiger partial charge in [-0.05, 0) is 96.1 Å². The van der Waals surface area contributed by atoms with E-state index in [1.807, 2.05) is 0 Å². The van der Waals surface area contributed by atoms with Gasteiger partial charge in [-0.25, -0.2) is 0 Å². The van der Waals surface area contributed by atoms with Gasteiger partial charge in [0.2, 0.25) is 0 Å². The lowest BCUT2D eigenvalue weighted by Gasteiger charge is -2.26. The minimum atomic E-state index is -0.301. The molecule has 0 saturated heterocycles. The fourth-order valence-electron chi connectivity index (χ4n) is 9.15. The van der Waals surface area contributed by atoms with Crippen LogP contribution in [0.3, 0.4) is 0 Å². The summed E-state index contributed by atoms with van der Waals surface area (Å²) in [6.07, 6.45) is 0. The van der Waals surface area contributed by atoms with E-state index in [0.29, 0.717) is 0 Å². The molecule has 0 amide bonds. The Morgan fingerprint density at radius 3 is 1.00 bits per heavy atom. The lowest BCUT2D eigenvalue weighted by Crippen LogP contribution is -2.18. The Bertz CT molecular complexity index is 3190. The fraction of sp³-hybridized carbons (Fsp3) is 0.0588. The second-order valence-corrected chi connectivity index (χ2v) is 15.4. The summed E-state index contributed by atoms with van der Waals surface area (Å²) in [5.41, 5.74) is 12.7. The number of benzene rings is 8. The van der Waals surface area contributed by atoms with Crippen LogP contribution in [0.1, 0.15) is 25.0 Å². The first-order chi connectivity index (χ1) is 27.0. The highest BCUT2D eigenvalue weighted by Gasteiger charge is 2.26. The van der Waals surface area contributed by atoms with Crippen LogP contribution in [0.5, 0.6) is 0 Å². The van der Waals surface area contributed by atoms with Crippen LogP contribution in [-0.2, 0) is 5.41 Å². The second kappa shape index (κ2) is 11.0. The van der Waals surface area contributed by atoms with Crippen LogP contribution in [0.15, 0.2) is 179 Å². The number of hydrogen-bond donors (Lipinski definition) is 0. The van der Waals surface area contributed by atoms with Crippen molar-refractivity contribution in [1.82, 2.24) is 9.13 Å². The zero-order valence-corrected chi connectivity index (χ0v) is 30.4. The largest absolute Gasteiger partial charge is 0.456 e. The van der Waals surface area contributed by atoms with Gasteiger partial charge < -0.3 is 18.0 Å². The van der Waals surface area contributed by atoms with Crippen molar-refractivity contribution in [3.63, 3.8) is 0 Å². The van der Waals surface area contributed by atoms with Gasteiger partial charge in [-0.15, -0.1) is 0 Å². The third-order valence-electron chi connectivity index (χ3n) is 12.0. The molecule has 8 aromatic carbocycles. The average molecular weight is 707 g/mol. The van der Waals surface area contributed by atoms with Gasteiger partial charge in [0, 0.05) is 59.9 Å². The van der Waals surface area contributed by atoms with Crippen LogP contribution < -0.4 is 0 Å². The molecule has 0 N–H and O–H groups in total. The van der Waals surface area contributed by atoms with Crippen molar-refractivity contribution in [1.29, 1.82) is 0 Å². The number of fused-ring (bicyclic) bond motifs is 12. The molecule has 0 radical (unpaired) electrons. The zero-order chi connectivity index (χ0) is 36.4. The standard InChI is InChI=1S/C51H34N2O2/c1-51(2,31-19-23-47-39(27-31)41-29-33(21-25-49(41)54-47)52-43-15-7-3-11-35(43)36-12-4-8-16-44(36)52)32-20-24-48-40(28-32)42-30-34(22-26-50(42)55-48)53-45-17-9-5-13-37(45)38-14-6-10-18-46(38)53/h3-30H,1-2H3. The Kier molecular flexibility index (Phi) is 6.09. The summed E-state index contributed by atoms with van der Waals surface area (Å²) in [4.78, 5) is 0. The van der Waals surface area contributed by atoms with E-state index in [9.17, 15) is 0 Å². The molecule has 4 heterocycles. The maximum atomic E-state index is 6.44. The number of aromatic nitrogens is 2. The molecule has 55 heavy (non-hydrogen) atoms. The lowest BCUT2D eigenvalue weighted by atomic mass is 9.77. The first kappa shape index (κ1) is 30.4. The summed E-state index contributed by atoms with van der Waals surface area (Å²) >= 11 is 0. The van der Waals surface area contributed by atoms with Crippen molar-refractivity contribution in [2.45, 2.75) is 19.3 Å². The summed E-state index contributed by atoms with van der Waals surface area (Å²) in [6.45, 7) is 4.62. The molecule has 0 aliphatic carbocycles. The second-order valence-electron chi connectivity index (χ2n) is 15.4. The maximum Gasteiger partial charge on any atom is 0.135 e. The van der Waals surface area contributed by atoms with Crippen LogP contribution in [-0.4, -0.2) is 9.13 Å². The lowest BCUT2D eigenvalue weighted by molar-refractivity contribution is 0.638. The van der Waals surface area contributed by atoms with E-state index in [2.05, 4.69) is 193 Å². The summed E-state index contributed by atoms with van der Waals surface area (Å²) in [7, 11) is 0. The molecule has 0 spiro atoms. The third-order valence-corrected chi connectivity index (χ3v) is 12.0. The molecular weight excluding hydrogens is 673 g/mol. The average Bonchev–Trinajstić information content (AvgIpc) is 3.97. The normalized spacial score (nSPS) is 12.5. The molecule has 0 fully saturated rings. The molecule has 0 aliphatic rings. The molecule has 0 unspecified atom stereocenters. The van der Waals surface area contributed by atoms with Gasteiger partial charge in [0.05, 0.1) is 22.1 Å². The van der Waals surface area contributed by atoms with Crippen LogP contribution in [0.25, 0.3) is 98.9 Å². The summed E-state index contributed by atoms with van der Waals surface area (Å²) in [5.74, 6) is 0.